The zero-order valence-corrected chi connectivity index (χ0v) is 11.8. The Morgan fingerprint density at radius 1 is 1.45 bits per heavy atom. The molecule has 2 rings (SSSR count). The third-order valence-corrected chi connectivity index (χ3v) is 3.91. The Bertz CT molecular complexity index is 406. The molecule has 0 aromatic rings. The molecule has 0 aromatic heterocycles. The summed E-state index contributed by atoms with van der Waals surface area (Å²) in [4.78, 5) is 36.1. The number of carboxylic acids is 1. The van der Waals surface area contributed by atoms with Gasteiger partial charge in [-0.3, -0.25) is 14.4 Å². The van der Waals surface area contributed by atoms with E-state index in [-0.39, 0.29) is 36.5 Å². The summed E-state index contributed by atoms with van der Waals surface area (Å²) in [5, 5.41) is 11.4. The van der Waals surface area contributed by atoms with Gasteiger partial charge in [0.05, 0.1) is 5.92 Å². The van der Waals surface area contributed by atoms with Gasteiger partial charge in [0.2, 0.25) is 11.8 Å². The lowest BCUT2D eigenvalue weighted by Crippen LogP contribution is -2.36. The first-order chi connectivity index (χ1) is 9.45. The molecule has 1 saturated carbocycles. The number of hydrogen-bond acceptors (Lipinski definition) is 3. The Labute approximate surface area is 118 Å². The number of carbonyl (C=O) groups excluding carboxylic acids is 2. The first-order valence-corrected chi connectivity index (χ1v) is 7.23. The van der Waals surface area contributed by atoms with Gasteiger partial charge in [0.25, 0.3) is 0 Å². The molecule has 2 unspecified atom stereocenters. The highest BCUT2D eigenvalue weighted by atomic mass is 16.4. The van der Waals surface area contributed by atoms with Crippen molar-refractivity contribution in [1.29, 1.82) is 0 Å². The fourth-order valence-electron chi connectivity index (χ4n) is 2.53. The molecule has 6 nitrogen and oxygen atoms in total. The Kier molecular flexibility index (Phi) is 4.62. The minimum absolute atomic E-state index is 0.0394. The summed E-state index contributed by atoms with van der Waals surface area (Å²) < 4.78 is 0. The van der Waals surface area contributed by atoms with Crippen LogP contribution in [0.4, 0.5) is 0 Å². The van der Waals surface area contributed by atoms with Gasteiger partial charge in [-0.05, 0) is 24.7 Å². The van der Waals surface area contributed by atoms with Crippen LogP contribution >= 0.6 is 0 Å². The summed E-state index contributed by atoms with van der Waals surface area (Å²) in [6.45, 7) is 3.43. The summed E-state index contributed by atoms with van der Waals surface area (Å²) >= 11 is 0. The lowest BCUT2D eigenvalue weighted by atomic mass is 10.1. The number of carboxylic acid groups (broad SMARTS) is 1. The smallest absolute Gasteiger partial charge is 0.303 e. The second kappa shape index (κ2) is 6.24. The number of likely N-dealkylation sites (tertiary alicyclic amines) is 1. The largest absolute Gasteiger partial charge is 0.481 e. The van der Waals surface area contributed by atoms with Crippen molar-refractivity contribution in [3.63, 3.8) is 0 Å². The molecule has 1 aliphatic heterocycles. The minimum Gasteiger partial charge on any atom is -0.481 e. The fourth-order valence-corrected chi connectivity index (χ4v) is 2.53. The third kappa shape index (κ3) is 4.21. The molecular weight excluding hydrogens is 260 g/mol. The van der Waals surface area contributed by atoms with Gasteiger partial charge in [-0.15, -0.1) is 0 Å². The SMILES string of the molecule is CC(CNC(=O)C1CC(=O)N(CC2CC2)C1)CC(=O)O. The van der Waals surface area contributed by atoms with Crippen LogP contribution in [0.15, 0.2) is 0 Å². The van der Waals surface area contributed by atoms with Crippen LogP contribution in [0.2, 0.25) is 0 Å². The van der Waals surface area contributed by atoms with Crippen molar-refractivity contribution in [2.45, 2.75) is 32.6 Å². The Balaban J connectivity index is 1.72. The van der Waals surface area contributed by atoms with Gasteiger partial charge in [-0.25, -0.2) is 0 Å². The highest BCUT2D eigenvalue weighted by molar-refractivity contribution is 5.89. The summed E-state index contributed by atoms with van der Waals surface area (Å²) in [7, 11) is 0. The van der Waals surface area contributed by atoms with Crippen LogP contribution in [-0.4, -0.2) is 47.4 Å². The summed E-state index contributed by atoms with van der Waals surface area (Å²) in [6.07, 6.45) is 2.70. The van der Waals surface area contributed by atoms with E-state index in [1.807, 2.05) is 0 Å². The first kappa shape index (κ1) is 14.8. The molecule has 2 N–H and O–H groups in total. The van der Waals surface area contributed by atoms with E-state index in [2.05, 4.69) is 5.32 Å². The summed E-state index contributed by atoms with van der Waals surface area (Å²) in [5.74, 6) is -0.673. The van der Waals surface area contributed by atoms with Crippen molar-refractivity contribution in [3.05, 3.63) is 0 Å². The molecule has 1 saturated heterocycles. The van der Waals surface area contributed by atoms with Crippen molar-refractivity contribution < 1.29 is 19.5 Å². The van der Waals surface area contributed by atoms with Gasteiger partial charge >= 0.3 is 5.97 Å². The van der Waals surface area contributed by atoms with E-state index in [4.69, 9.17) is 5.11 Å². The van der Waals surface area contributed by atoms with E-state index in [1.54, 1.807) is 11.8 Å². The number of amides is 2. The molecule has 0 aromatic carbocycles. The highest BCUT2D eigenvalue weighted by Crippen LogP contribution is 2.31. The van der Waals surface area contributed by atoms with Crippen LogP contribution < -0.4 is 5.32 Å². The zero-order chi connectivity index (χ0) is 14.7. The lowest BCUT2D eigenvalue weighted by Gasteiger charge is -2.16. The number of carbonyl (C=O) groups is 3. The Morgan fingerprint density at radius 3 is 2.75 bits per heavy atom. The molecule has 20 heavy (non-hydrogen) atoms. The Hall–Kier alpha value is -1.59. The maximum absolute atomic E-state index is 12.0. The third-order valence-electron chi connectivity index (χ3n) is 3.91. The highest BCUT2D eigenvalue weighted by Gasteiger charge is 2.37. The molecule has 0 radical (unpaired) electrons. The van der Waals surface area contributed by atoms with E-state index in [0.717, 1.165) is 6.54 Å². The first-order valence-electron chi connectivity index (χ1n) is 7.23. The topological polar surface area (TPSA) is 86.7 Å². The number of hydrogen-bond donors (Lipinski definition) is 2. The van der Waals surface area contributed by atoms with Crippen molar-refractivity contribution in [2.24, 2.45) is 17.8 Å². The van der Waals surface area contributed by atoms with E-state index >= 15 is 0 Å². The van der Waals surface area contributed by atoms with Gasteiger partial charge in [0.15, 0.2) is 0 Å². The molecule has 0 bridgehead atoms. The molecular formula is C14H22N2O4. The van der Waals surface area contributed by atoms with Gasteiger partial charge in [-0.2, -0.15) is 0 Å². The maximum atomic E-state index is 12.0. The van der Waals surface area contributed by atoms with Crippen LogP contribution in [-0.2, 0) is 14.4 Å². The van der Waals surface area contributed by atoms with Gasteiger partial charge in [-0.1, -0.05) is 6.92 Å². The van der Waals surface area contributed by atoms with Crippen LogP contribution in [0, 0.1) is 17.8 Å². The van der Waals surface area contributed by atoms with Crippen molar-refractivity contribution in [2.75, 3.05) is 19.6 Å². The lowest BCUT2D eigenvalue weighted by molar-refractivity contribution is -0.138. The van der Waals surface area contributed by atoms with Crippen LogP contribution in [0.5, 0.6) is 0 Å². The van der Waals surface area contributed by atoms with Crippen LogP contribution in [0.1, 0.15) is 32.6 Å². The second-order valence-electron chi connectivity index (χ2n) is 6.09. The average molecular weight is 282 g/mol. The summed E-state index contributed by atoms with van der Waals surface area (Å²) in [5.41, 5.74) is 0. The second-order valence-corrected chi connectivity index (χ2v) is 6.09. The molecule has 2 fully saturated rings. The number of rotatable bonds is 7. The molecule has 0 spiro atoms. The molecule has 6 heteroatoms. The quantitative estimate of drug-likeness (QED) is 0.710. The van der Waals surface area contributed by atoms with Crippen LogP contribution in [0.25, 0.3) is 0 Å². The van der Waals surface area contributed by atoms with Crippen LogP contribution in [0.3, 0.4) is 0 Å². The van der Waals surface area contributed by atoms with Gasteiger partial charge < -0.3 is 15.3 Å². The van der Waals surface area contributed by atoms with E-state index in [1.165, 1.54) is 12.8 Å². The molecule has 2 aliphatic rings. The minimum atomic E-state index is -0.863. The summed E-state index contributed by atoms with van der Waals surface area (Å²) in [6, 6.07) is 0. The molecule has 1 aliphatic carbocycles. The molecule has 1 heterocycles. The van der Waals surface area contributed by atoms with Crippen molar-refractivity contribution in [1.82, 2.24) is 10.2 Å². The number of nitrogens with one attached hydrogen (secondary N) is 1. The molecule has 2 amide bonds. The molecule has 2 atom stereocenters. The maximum Gasteiger partial charge on any atom is 0.303 e. The van der Waals surface area contributed by atoms with Gasteiger partial charge in [0.1, 0.15) is 0 Å². The predicted molar refractivity (Wildman–Crippen MR) is 71.8 cm³/mol. The standard InChI is InChI=1S/C14H22N2O4/c1-9(4-13(18)19)6-15-14(20)11-5-12(17)16(8-11)7-10-2-3-10/h9-11H,2-8H2,1H3,(H,15,20)(H,18,19). The normalized spacial score (nSPS) is 23.8. The zero-order valence-electron chi connectivity index (χ0n) is 11.8. The van der Waals surface area contributed by atoms with E-state index in [9.17, 15) is 14.4 Å². The monoisotopic (exact) mass is 282 g/mol. The van der Waals surface area contributed by atoms with Crippen molar-refractivity contribution >= 4 is 17.8 Å². The van der Waals surface area contributed by atoms with E-state index in [0.29, 0.717) is 19.0 Å². The van der Waals surface area contributed by atoms with Gasteiger partial charge in [0, 0.05) is 32.5 Å². The van der Waals surface area contributed by atoms with Crippen molar-refractivity contribution in [3.8, 4) is 0 Å². The average Bonchev–Trinajstić information content (AvgIpc) is 3.09. The predicted octanol–water partition coefficient (Wildman–Crippen LogP) is 0.472. The Morgan fingerprint density at radius 2 is 2.15 bits per heavy atom. The van der Waals surface area contributed by atoms with E-state index < -0.39 is 5.97 Å². The fraction of sp³-hybridized carbons (Fsp3) is 0.786. The number of nitrogens with zero attached hydrogens (tertiary/aromatic N) is 1. The molecule has 112 valence electrons. The number of aliphatic carboxylic acids is 1.